The number of nitrogens with one attached hydrogen (secondary N) is 3. The number of hydrogen-bond donors (Lipinski definition) is 3. The van der Waals surface area contributed by atoms with Crippen LogP contribution in [0.1, 0.15) is 43.7 Å². The number of rotatable bonds is 3. The fourth-order valence-corrected chi connectivity index (χ4v) is 4.63. The van der Waals surface area contributed by atoms with E-state index in [0.717, 1.165) is 18.6 Å². The van der Waals surface area contributed by atoms with Crippen LogP contribution >= 0.6 is 0 Å². The second-order valence-corrected chi connectivity index (χ2v) is 8.84. The molecule has 0 unspecified atom stereocenters. The largest absolute Gasteiger partial charge is 0.418 e. The number of amides is 2. The Bertz CT molecular complexity index is 1140. The number of aromatic nitrogens is 2. The molecular formula is C22H24F3N5O3. The molecule has 8 nitrogen and oxygen atoms in total. The summed E-state index contributed by atoms with van der Waals surface area (Å²) in [5.41, 5.74) is -2.14. The van der Waals surface area contributed by atoms with Crippen molar-refractivity contribution < 1.29 is 22.8 Å². The molecule has 2 aliphatic heterocycles. The number of fused-ring (bicyclic) bond motifs is 1. The van der Waals surface area contributed by atoms with Crippen LogP contribution in [0.5, 0.6) is 0 Å². The summed E-state index contributed by atoms with van der Waals surface area (Å²) in [6.07, 6.45) is -4.01. The quantitative estimate of drug-likeness (QED) is 0.647. The van der Waals surface area contributed by atoms with Crippen molar-refractivity contribution in [3.8, 4) is 0 Å². The first-order valence-electron chi connectivity index (χ1n) is 10.7. The summed E-state index contributed by atoms with van der Waals surface area (Å²) < 4.78 is 39.9. The molecule has 1 saturated heterocycles. The Hall–Kier alpha value is -3.37. The summed E-state index contributed by atoms with van der Waals surface area (Å²) in [6, 6.07) is 4.53. The molecule has 1 aromatic heterocycles. The van der Waals surface area contributed by atoms with Gasteiger partial charge in [-0.2, -0.15) is 18.2 Å². The van der Waals surface area contributed by atoms with E-state index in [2.05, 4.69) is 34.4 Å². The number of benzene rings is 1. The van der Waals surface area contributed by atoms with Gasteiger partial charge in [0.15, 0.2) is 0 Å². The van der Waals surface area contributed by atoms with Gasteiger partial charge in [0.1, 0.15) is 5.82 Å². The molecular weight excluding hydrogens is 439 g/mol. The maximum atomic E-state index is 13.3. The molecule has 1 aromatic carbocycles. The predicted molar refractivity (Wildman–Crippen MR) is 116 cm³/mol. The molecule has 33 heavy (non-hydrogen) atoms. The summed E-state index contributed by atoms with van der Waals surface area (Å²) in [7, 11) is 0. The van der Waals surface area contributed by atoms with E-state index >= 15 is 0 Å². The number of piperidine rings is 1. The maximum Gasteiger partial charge on any atom is 0.418 e. The summed E-state index contributed by atoms with van der Waals surface area (Å²) in [4.78, 5) is 47.2. The Kier molecular flexibility index (Phi) is 5.89. The van der Waals surface area contributed by atoms with Crippen LogP contribution in [0.3, 0.4) is 0 Å². The smallest absolute Gasteiger partial charge is 0.342 e. The van der Waals surface area contributed by atoms with Crippen molar-refractivity contribution in [1.29, 1.82) is 0 Å². The van der Waals surface area contributed by atoms with Crippen LogP contribution in [0.25, 0.3) is 0 Å². The van der Waals surface area contributed by atoms with Crippen molar-refractivity contribution in [3.05, 3.63) is 45.7 Å². The van der Waals surface area contributed by atoms with Crippen LogP contribution < -0.4 is 21.1 Å². The Labute approximate surface area is 187 Å². The Morgan fingerprint density at radius 2 is 1.82 bits per heavy atom. The predicted octanol–water partition coefficient (Wildman–Crippen LogP) is 3.34. The van der Waals surface area contributed by atoms with Gasteiger partial charge in [0.25, 0.3) is 5.56 Å². The highest BCUT2D eigenvalue weighted by Gasteiger charge is 2.38. The molecule has 11 heteroatoms. The van der Waals surface area contributed by atoms with E-state index in [4.69, 9.17) is 0 Å². The molecule has 3 N–H and O–H groups in total. The summed E-state index contributed by atoms with van der Waals surface area (Å²) in [5, 5.41) is 4.77. The second kappa shape index (κ2) is 8.53. The summed E-state index contributed by atoms with van der Waals surface area (Å²) in [5.74, 6) is -1.69. The van der Waals surface area contributed by atoms with Crippen LogP contribution in [-0.2, 0) is 15.8 Å². The number of anilines is 3. The monoisotopic (exact) mass is 463 g/mol. The van der Waals surface area contributed by atoms with Gasteiger partial charge < -0.3 is 15.5 Å². The van der Waals surface area contributed by atoms with Crippen molar-refractivity contribution in [2.75, 3.05) is 28.6 Å². The normalized spacial score (nSPS) is 23.0. The number of alkyl halides is 3. The minimum absolute atomic E-state index is 0.0415. The average Bonchev–Trinajstić information content (AvgIpc) is 2.71. The number of aromatic amines is 1. The topological polar surface area (TPSA) is 107 Å². The Morgan fingerprint density at radius 1 is 1.15 bits per heavy atom. The lowest BCUT2D eigenvalue weighted by molar-refractivity contribution is -0.137. The lowest BCUT2D eigenvalue weighted by atomic mass is 9.91. The van der Waals surface area contributed by atoms with E-state index in [0.29, 0.717) is 30.9 Å². The van der Waals surface area contributed by atoms with Crippen molar-refractivity contribution in [1.82, 2.24) is 9.97 Å². The van der Waals surface area contributed by atoms with Crippen molar-refractivity contribution >= 4 is 29.3 Å². The minimum atomic E-state index is -4.68. The van der Waals surface area contributed by atoms with E-state index in [9.17, 15) is 27.6 Å². The van der Waals surface area contributed by atoms with Crippen LogP contribution in [0, 0.1) is 11.8 Å². The van der Waals surface area contributed by atoms with Crippen molar-refractivity contribution in [2.45, 2.75) is 38.8 Å². The number of carbonyl (C=O) groups excluding carboxylic acids is 2. The van der Waals surface area contributed by atoms with Gasteiger partial charge in [-0.25, -0.2) is 0 Å². The zero-order valence-electron chi connectivity index (χ0n) is 18.1. The number of nitrogens with zero attached hydrogens (tertiary/aromatic N) is 2. The molecule has 0 bridgehead atoms. The highest BCUT2D eigenvalue weighted by molar-refractivity contribution is 6.04. The molecule has 2 aliphatic rings. The molecule has 0 aliphatic carbocycles. The average molecular weight is 463 g/mol. The van der Waals surface area contributed by atoms with E-state index < -0.39 is 40.7 Å². The SMILES string of the molecule is C[C@@H]1C[C@@H](C)CN(c2nc3c(c(=O)[nH]2)[C@H](C(=O)Nc2ccccc2C(F)(F)F)CC(=O)N3)C1. The van der Waals surface area contributed by atoms with Gasteiger partial charge in [0, 0.05) is 19.5 Å². The lowest BCUT2D eigenvalue weighted by Crippen LogP contribution is -2.42. The molecule has 2 amide bonds. The minimum Gasteiger partial charge on any atom is -0.342 e. The van der Waals surface area contributed by atoms with Gasteiger partial charge in [0.2, 0.25) is 17.8 Å². The molecule has 3 heterocycles. The number of carbonyl (C=O) groups is 2. The molecule has 0 spiro atoms. The third-order valence-electron chi connectivity index (χ3n) is 5.91. The van der Waals surface area contributed by atoms with Crippen LogP contribution in [0.2, 0.25) is 0 Å². The van der Waals surface area contributed by atoms with Crippen molar-refractivity contribution in [2.24, 2.45) is 11.8 Å². The summed E-state index contributed by atoms with van der Waals surface area (Å²) in [6.45, 7) is 5.55. The van der Waals surface area contributed by atoms with E-state index in [-0.39, 0.29) is 17.8 Å². The van der Waals surface area contributed by atoms with Gasteiger partial charge in [-0.05, 0) is 30.4 Å². The Morgan fingerprint density at radius 3 is 2.48 bits per heavy atom. The first-order valence-corrected chi connectivity index (χ1v) is 10.7. The molecule has 1 fully saturated rings. The highest BCUT2D eigenvalue weighted by atomic mass is 19.4. The van der Waals surface area contributed by atoms with Crippen LogP contribution in [-0.4, -0.2) is 34.9 Å². The fraction of sp³-hybridized carbons (Fsp3) is 0.455. The maximum absolute atomic E-state index is 13.3. The molecule has 176 valence electrons. The van der Waals surface area contributed by atoms with Crippen LogP contribution in [0.15, 0.2) is 29.1 Å². The summed E-state index contributed by atoms with van der Waals surface area (Å²) >= 11 is 0. The number of halogens is 3. The van der Waals surface area contributed by atoms with Gasteiger partial charge in [-0.15, -0.1) is 0 Å². The third kappa shape index (κ3) is 4.71. The van der Waals surface area contributed by atoms with Gasteiger partial charge >= 0.3 is 6.18 Å². The van der Waals surface area contributed by atoms with Gasteiger partial charge in [-0.3, -0.25) is 19.4 Å². The molecule has 3 atom stereocenters. The first kappa shape index (κ1) is 22.8. The molecule has 0 saturated carbocycles. The standard InChI is InChI=1S/C22H24F3N5O3/c1-11-7-12(2)10-30(9-11)21-28-18-17(20(33)29-21)13(8-16(31)27-18)19(32)26-15-6-4-3-5-14(15)22(23,24)25/h3-6,11-13H,7-10H2,1-2H3,(H,26,32)(H2,27,28,29,31,33)/t11-,12-,13-/m1/s1. The molecule has 4 rings (SSSR count). The third-order valence-corrected chi connectivity index (χ3v) is 5.91. The highest BCUT2D eigenvalue weighted by Crippen LogP contribution is 2.36. The zero-order chi connectivity index (χ0) is 23.9. The van der Waals surface area contributed by atoms with Crippen molar-refractivity contribution in [3.63, 3.8) is 0 Å². The molecule has 0 radical (unpaired) electrons. The Balaban J connectivity index is 1.66. The first-order chi connectivity index (χ1) is 15.5. The number of H-pyrrole nitrogens is 1. The van der Waals surface area contributed by atoms with Gasteiger partial charge in [0.05, 0.1) is 22.7 Å². The number of hydrogen-bond acceptors (Lipinski definition) is 5. The van der Waals surface area contributed by atoms with E-state index in [1.54, 1.807) is 0 Å². The lowest BCUT2D eigenvalue weighted by Gasteiger charge is -2.35. The number of para-hydroxylation sites is 1. The van der Waals surface area contributed by atoms with E-state index in [1.807, 2.05) is 4.90 Å². The zero-order valence-corrected chi connectivity index (χ0v) is 18.1. The fourth-order valence-electron chi connectivity index (χ4n) is 4.63. The second-order valence-electron chi connectivity index (χ2n) is 8.84. The van der Waals surface area contributed by atoms with Gasteiger partial charge in [-0.1, -0.05) is 26.0 Å². The molecule has 2 aromatic rings. The van der Waals surface area contributed by atoms with E-state index in [1.165, 1.54) is 12.1 Å². The van der Waals surface area contributed by atoms with Crippen LogP contribution in [0.4, 0.5) is 30.6 Å².